The second kappa shape index (κ2) is 4.94. The third-order valence-corrected chi connectivity index (χ3v) is 3.31. The number of halogens is 1. The molecule has 5 nitrogen and oxygen atoms in total. The fraction of sp³-hybridized carbons (Fsp3) is 0.0714. The fourth-order valence-electron chi connectivity index (χ4n) is 2.06. The molecule has 0 unspecified atom stereocenters. The van der Waals surface area contributed by atoms with Gasteiger partial charge < -0.3 is 5.73 Å². The molecule has 3 aromatic rings. The summed E-state index contributed by atoms with van der Waals surface area (Å²) in [4.78, 5) is 8.05. The zero-order valence-electron chi connectivity index (χ0n) is 10.8. The molecule has 0 aliphatic heterocycles. The Morgan fingerprint density at radius 1 is 1.05 bits per heavy atom. The molecular weight excluding hydrogens is 274 g/mol. The van der Waals surface area contributed by atoms with Crippen LogP contribution in [0, 0.1) is 0 Å². The lowest BCUT2D eigenvalue weighted by Crippen LogP contribution is -1.97. The van der Waals surface area contributed by atoms with Crippen molar-refractivity contribution in [3.8, 4) is 22.4 Å². The summed E-state index contributed by atoms with van der Waals surface area (Å²) in [5, 5.41) is 5.14. The van der Waals surface area contributed by atoms with E-state index in [2.05, 4.69) is 15.1 Å². The summed E-state index contributed by atoms with van der Waals surface area (Å²) >= 11 is 5.93. The van der Waals surface area contributed by atoms with Crippen LogP contribution < -0.4 is 5.73 Å². The molecule has 0 aliphatic rings. The second-order valence-corrected chi connectivity index (χ2v) is 4.80. The molecule has 2 N–H and O–H groups in total. The van der Waals surface area contributed by atoms with E-state index in [9.17, 15) is 0 Å². The summed E-state index contributed by atoms with van der Waals surface area (Å²) in [6, 6.07) is 7.50. The quantitative estimate of drug-likeness (QED) is 0.786. The number of aromatic nitrogens is 4. The van der Waals surface area contributed by atoms with Crippen molar-refractivity contribution in [2.24, 2.45) is 7.05 Å². The molecule has 3 rings (SSSR count). The van der Waals surface area contributed by atoms with Gasteiger partial charge in [0.15, 0.2) is 0 Å². The van der Waals surface area contributed by atoms with Crippen molar-refractivity contribution in [3.05, 3.63) is 48.0 Å². The maximum atomic E-state index is 6.14. The van der Waals surface area contributed by atoms with Gasteiger partial charge in [-0.25, -0.2) is 9.97 Å². The van der Waals surface area contributed by atoms with Gasteiger partial charge in [-0.05, 0) is 17.7 Å². The second-order valence-electron chi connectivity index (χ2n) is 4.37. The number of rotatable bonds is 2. The number of benzene rings is 1. The average molecular weight is 286 g/mol. The third kappa shape index (κ3) is 2.12. The molecule has 0 bridgehead atoms. The van der Waals surface area contributed by atoms with Crippen molar-refractivity contribution in [1.82, 2.24) is 19.7 Å². The van der Waals surface area contributed by atoms with Crippen LogP contribution in [-0.4, -0.2) is 19.7 Å². The number of nitrogen functional groups attached to an aromatic ring is 1. The summed E-state index contributed by atoms with van der Waals surface area (Å²) in [5.74, 6) is 0.589. The average Bonchev–Trinajstić information content (AvgIpc) is 2.77. The van der Waals surface area contributed by atoms with Gasteiger partial charge in [-0.2, -0.15) is 5.10 Å². The largest absolute Gasteiger partial charge is 0.383 e. The Labute approximate surface area is 121 Å². The van der Waals surface area contributed by atoms with E-state index in [-0.39, 0.29) is 0 Å². The molecule has 2 heterocycles. The Hall–Kier alpha value is -2.40. The highest BCUT2D eigenvalue weighted by molar-refractivity contribution is 6.30. The summed E-state index contributed by atoms with van der Waals surface area (Å²) in [6.45, 7) is 0. The van der Waals surface area contributed by atoms with Crippen LogP contribution >= 0.6 is 11.6 Å². The van der Waals surface area contributed by atoms with Crippen LogP contribution in [0.25, 0.3) is 22.4 Å². The molecule has 0 saturated heterocycles. The van der Waals surface area contributed by atoms with Gasteiger partial charge in [0.2, 0.25) is 0 Å². The molecular formula is C14H12ClN5. The van der Waals surface area contributed by atoms with Crippen LogP contribution in [-0.2, 0) is 7.05 Å². The number of hydrogen-bond acceptors (Lipinski definition) is 4. The van der Waals surface area contributed by atoms with Crippen molar-refractivity contribution in [2.45, 2.75) is 0 Å². The highest BCUT2D eigenvalue weighted by Gasteiger charge is 2.17. The molecule has 0 amide bonds. The number of nitrogens with two attached hydrogens (primary N) is 1. The van der Waals surface area contributed by atoms with Gasteiger partial charge in [0, 0.05) is 30.0 Å². The topological polar surface area (TPSA) is 69.6 Å². The predicted octanol–water partition coefficient (Wildman–Crippen LogP) is 2.78. The van der Waals surface area contributed by atoms with E-state index in [1.165, 1.54) is 6.33 Å². The lowest BCUT2D eigenvalue weighted by atomic mass is 10.0. The molecule has 0 radical (unpaired) electrons. The summed E-state index contributed by atoms with van der Waals surface area (Å²) in [5.41, 5.74) is 9.54. The normalized spacial score (nSPS) is 10.7. The molecule has 6 heteroatoms. The van der Waals surface area contributed by atoms with Crippen LogP contribution in [0.2, 0.25) is 5.02 Å². The number of nitrogens with zero attached hydrogens (tertiary/aromatic N) is 4. The molecule has 0 spiro atoms. The zero-order chi connectivity index (χ0) is 14.1. The van der Waals surface area contributed by atoms with Gasteiger partial charge in [-0.1, -0.05) is 23.7 Å². The molecule has 1 aromatic carbocycles. The third-order valence-electron chi connectivity index (χ3n) is 3.06. The van der Waals surface area contributed by atoms with Crippen LogP contribution in [0.1, 0.15) is 0 Å². The van der Waals surface area contributed by atoms with E-state index in [1.807, 2.05) is 31.3 Å². The van der Waals surface area contributed by atoms with Crippen molar-refractivity contribution >= 4 is 17.4 Å². The Bertz CT molecular complexity index is 734. The number of anilines is 1. The van der Waals surface area contributed by atoms with Gasteiger partial charge in [0.25, 0.3) is 0 Å². The van der Waals surface area contributed by atoms with E-state index in [0.717, 1.165) is 22.4 Å². The van der Waals surface area contributed by atoms with Gasteiger partial charge in [0.1, 0.15) is 17.8 Å². The molecule has 2 aromatic heterocycles. The Morgan fingerprint density at radius 3 is 2.35 bits per heavy atom. The Balaban J connectivity index is 2.22. The van der Waals surface area contributed by atoms with E-state index >= 15 is 0 Å². The van der Waals surface area contributed by atoms with E-state index < -0.39 is 0 Å². The minimum absolute atomic E-state index is 0.589. The molecule has 100 valence electrons. The monoisotopic (exact) mass is 285 g/mol. The molecule has 0 saturated carbocycles. The van der Waals surface area contributed by atoms with Gasteiger partial charge >= 0.3 is 0 Å². The van der Waals surface area contributed by atoms with Gasteiger partial charge in [0.05, 0.1) is 5.56 Å². The summed E-state index contributed by atoms with van der Waals surface area (Å²) < 4.78 is 1.65. The molecule has 20 heavy (non-hydrogen) atoms. The van der Waals surface area contributed by atoms with Crippen LogP contribution in [0.3, 0.4) is 0 Å². The first kappa shape index (κ1) is 12.6. The lowest BCUT2D eigenvalue weighted by molar-refractivity contribution is 0.782. The number of aryl methyl sites for hydroxylation is 1. The Kier molecular flexibility index (Phi) is 3.12. The molecule has 0 fully saturated rings. The van der Waals surface area contributed by atoms with Crippen molar-refractivity contribution in [3.63, 3.8) is 0 Å². The van der Waals surface area contributed by atoms with Crippen LogP contribution in [0.5, 0.6) is 0 Å². The molecule has 0 atom stereocenters. The maximum Gasteiger partial charge on any atom is 0.129 e. The van der Waals surface area contributed by atoms with E-state index in [4.69, 9.17) is 17.3 Å². The SMILES string of the molecule is Cn1nc(-c2cncnc2)c(-c2ccc(Cl)cc2)c1N. The summed E-state index contributed by atoms with van der Waals surface area (Å²) in [7, 11) is 1.81. The highest BCUT2D eigenvalue weighted by atomic mass is 35.5. The Morgan fingerprint density at radius 2 is 1.70 bits per heavy atom. The zero-order valence-corrected chi connectivity index (χ0v) is 11.5. The van der Waals surface area contributed by atoms with Gasteiger partial charge in [-0.3, -0.25) is 4.68 Å². The minimum atomic E-state index is 0.589. The van der Waals surface area contributed by atoms with Crippen LogP contribution in [0.15, 0.2) is 43.0 Å². The molecule has 0 aliphatic carbocycles. The minimum Gasteiger partial charge on any atom is -0.383 e. The standard InChI is InChI=1S/C14H12ClN5/c1-20-14(16)12(9-2-4-11(15)5-3-9)13(19-20)10-6-17-8-18-7-10/h2-8H,16H2,1H3. The van der Waals surface area contributed by atoms with Crippen molar-refractivity contribution in [2.75, 3.05) is 5.73 Å². The first-order valence-electron chi connectivity index (χ1n) is 6.00. The van der Waals surface area contributed by atoms with Crippen molar-refractivity contribution < 1.29 is 0 Å². The van der Waals surface area contributed by atoms with Crippen molar-refractivity contribution in [1.29, 1.82) is 0 Å². The van der Waals surface area contributed by atoms with Gasteiger partial charge in [-0.15, -0.1) is 0 Å². The number of hydrogen-bond donors (Lipinski definition) is 1. The summed E-state index contributed by atoms with van der Waals surface area (Å²) in [6.07, 6.45) is 4.92. The first-order chi connectivity index (χ1) is 9.66. The maximum absolute atomic E-state index is 6.14. The highest BCUT2D eigenvalue weighted by Crippen LogP contribution is 2.35. The van der Waals surface area contributed by atoms with E-state index in [0.29, 0.717) is 10.8 Å². The fourth-order valence-corrected chi connectivity index (χ4v) is 2.19. The first-order valence-corrected chi connectivity index (χ1v) is 6.38. The lowest BCUT2D eigenvalue weighted by Gasteiger charge is -2.04. The smallest absolute Gasteiger partial charge is 0.129 e. The van der Waals surface area contributed by atoms with Crippen LogP contribution in [0.4, 0.5) is 5.82 Å². The van der Waals surface area contributed by atoms with E-state index in [1.54, 1.807) is 17.1 Å². The predicted molar refractivity (Wildman–Crippen MR) is 79.1 cm³/mol.